The van der Waals surface area contributed by atoms with Crippen LogP contribution in [0.5, 0.6) is 5.75 Å². The van der Waals surface area contributed by atoms with Crippen LogP contribution in [0.15, 0.2) is 30.5 Å². The second-order valence-corrected chi connectivity index (χ2v) is 6.56. The Morgan fingerprint density at radius 1 is 1.35 bits per heavy atom. The first-order valence-corrected chi connectivity index (χ1v) is 8.18. The standard InChI is InChI=1S/C18H12ClF3N2O2/c1-8-7-24-15(6-12(8)20)23-16-13(25)5-11(17(16)24)10-4-9(19)2-3-14(10)26-18(21)22/h2-4,6-7,11,18H,5H2,1H3/t11-/m0/s1. The number of imidazole rings is 1. The van der Waals surface area contributed by atoms with Crippen LogP contribution in [0.1, 0.15) is 39.6 Å². The number of alkyl halides is 2. The number of pyridine rings is 1. The quantitative estimate of drug-likeness (QED) is 0.658. The summed E-state index contributed by atoms with van der Waals surface area (Å²) in [6.45, 7) is -1.41. The molecule has 2 aromatic heterocycles. The third-order valence-electron chi connectivity index (χ3n) is 4.48. The maximum absolute atomic E-state index is 13.8. The van der Waals surface area contributed by atoms with Crippen molar-refractivity contribution in [1.29, 1.82) is 0 Å². The van der Waals surface area contributed by atoms with Crippen LogP contribution in [0.2, 0.25) is 5.02 Å². The predicted molar refractivity (Wildman–Crippen MR) is 88.8 cm³/mol. The van der Waals surface area contributed by atoms with Crippen molar-refractivity contribution in [3.63, 3.8) is 0 Å². The van der Waals surface area contributed by atoms with E-state index >= 15 is 0 Å². The lowest BCUT2D eigenvalue weighted by Crippen LogP contribution is -2.09. The van der Waals surface area contributed by atoms with Gasteiger partial charge in [0.25, 0.3) is 0 Å². The van der Waals surface area contributed by atoms with Gasteiger partial charge in [-0.1, -0.05) is 11.6 Å². The number of Topliss-reactive ketones (excluding diaryl/α,β-unsaturated/α-hetero) is 1. The minimum absolute atomic E-state index is 0.0520. The summed E-state index contributed by atoms with van der Waals surface area (Å²) in [4.78, 5) is 16.6. The number of hydrogen-bond acceptors (Lipinski definition) is 3. The van der Waals surface area contributed by atoms with Gasteiger partial charge in [0.05, 0.1) is 5.69 Å². The largest absolute Gasteiger partial charge is 0.435 e. The number of benzene rings is 1. The van der Waals surface area contributed by atoms with Crippen molar-refractivity contribution in [3.05, 3.63) is 63.8 Å². The number of halogens is 4. The van der Waals surface area contributed by atoms with Crippen LogP contribution in [0, 0.1) is 12.7 Å². The Labute approximate surface area is 151 Å². The van der Waals surface area contributed by atoms with Crippen molar-refractivity contribution in [2.75, 3.05) is 0 Å². The second kappa shape index (κ2) is 6.02. The van der Waals surface area contributed by atoms with Crippen LogP contribution in [0.25, 0.3) is 5.65 Å². The third-order valence-corrected chi connectivity index (χ3v) is 4.71. The highest BCUT2D eigenvalue weighted by Crippen LogP contribution is 2.43. The number of fused-ring (bicyclic) bond motifs is 3. The molecule has 1 atom stereocenters. The lowest BCUT2D eigenvalue weighted by molar-refractivity contribution is -0.0505. The van der Waals surface area contributed by atoms with Crippen LogP contribution < -0.4 is 4.74 Å². The minimum Gasteiger partial charge on any atom is -0.435 e. The number of hydrogen-bond donors (Lipinski definition) is 0. The molecule has 26 heavy (non-hydrogen) atoms. The van der Waals surface area contributed by atoms with E-state index in [1.807, 2.05) is 0 Å². The van der Waals surface area contributed by atoms with Gasteiger partial charge < -0.3 is 9.14 Å². The van der Waals surface area contributed by atoms with Crippen molar-refractivity contribution < 1.29 is 22.7 Å². The third kappa shape index (κ3) is 2.63. The van der Waals surface area contributed by atoms with Gasteiger partial charge in [-0.25, -0.2) is 9.37 Å². The molecule has 2 heterocycles. The Morgan fingerprint density at radius 3 is 2.85 bits per heavy atom. The number of aryl methyl sites for hydroxylation is 1. The molecule has 0 bridgehead atoms. The Bertz CT molecular complexity index is 1050. The second-order valence-electron chi connectivity index (χ2n) is 6.12. The minimum atomic E-state index is -3.01. The van der Waals surface area contributed by atoms with Crippen molar-refractivity contribution >= 4 is 23.0 Å². The molecule has 0 spiro atoms. The zero-order chi connectivity index (χ0) is 18.6. The van der Waals surface area contributed by atoms with E-state index in [-0.39, 0.29) is 29.3 Å². The molecular weight excluding hydrogens is 369 g/mol. The Balaban J connectivity index is 1.93. The molecule has 0 unspecified atom stereocenters. The average molecular weight is 381 g/mol. The number of ketones is 1. The summed E-state index contributed by atoms with van der Waals surface area (Å²) in [6.07, 6.45) is 1.59. The van der Waals surface area contributed by atoms with Crippen molar-refractivity contribution in [2.24, 2.45) is 0 Å². The fraction of sp³-hybridized carbons (Fsp3) is 0.222. The van der Waals surface area contributed by atoms with E-state index in [2.05, 4.69) is 9.72 Å². The lowest BCUT2D eigenvalue weighted by atomic mass is 9.95. The Hall–Kier alpha value is -2.54. The summed E-state index contributed by atoms with van der Waals surface area (Å²) in [7, 11) is 0. The van der Waals surface area contributed by atoms with Gasteiger partial charge >= 0.3 is 6.61 Å². The Kier molecular flexibility index (Phi) is 3.91. The lowest BCUT2D eigenvalue weighted by Gasteiger charge is -2.17. The smallest absolute Gasteiger partial charge is 0.387 e. The van der Waals surface area contributed by atoms with E-state index in [1.165, 1.54) is 24.3 Å². The fourth-order valence-corrected chi connectivity index (χ4v) is 3.53. The first-order chi connectivity index (χ1) is 12.3. The summed E-state index contributed by atoms with van der Waals surface area (Å²) in [5, 5.41) is 0.332. The summed E-state index contributed by atoms with van der Waals surface area (Å²) < 4.78 is 45.6. The van der Waals surface area contributed by atoms with Crippen LogP contribution in [0.3, 0.4) is 0 Å². The molecule has 0 saturated heterocycles. The molecule has 0 saturated carbocycles. The summed E-state index contributed by atoms with van der Waals surface area (Å²) >= 11 is 6.03. The molecule has 0 amide bonds. The highest BCUT2D eigenvalue weighted by Gasteiger charge is 2.37. The highest BCUT2D eigenvalue weighted by atomic mass is 35.5. The zero-order valence-corrected chi connectivity index (χ0v) is 14.2. The molecule has 4 rings (SSSR count). The molecule has 134 valence electrons. The van der Waals surface area contributed by atoms with Gasteiger partial charge in [-0.15, -0.1) is 0 Å². The summed E-state index contributed by atoms with van der Waals surface area (Å²) in [5.41, 5.74) is 1.77. The van der Waals surface area contributed by atoms with Crippen LogP contribution in [0.4, 0.5) is 13.2 Å². The van der Waals surface area contributed by atoms with E-state index in [4.69, 9.17) is 11.6 Å². The molecule has 3 aromatic rings. The van der Waals surface area contributed by atoms with Gasteiger partial charge in [0.1, 0.15) is 22.9 Å². The van der Waals surface area contributed by atoms with E-state index in [0.717, 1.165) is 0 Å². The number of ether oxygens (including phenoxy) is 1. The average Bonchev–Trinajstić information content (AvgIpc) is 3.07. The molecule has 0 aliphatic heterocycles. The van der Waals surface area contributed by atoms with Crippen molar-refractivity contribution in [2.45, 2.75) is 25.9 Å². The molecule has 1 aliphatic carbocycles. The van der Waals surface area contributed by atoms with Gasteiger partial charge in [0, 0.05) is 40.8 Å². The fourth-order valence-electron chi connectivity index (χ4n) is 3.35. The first-order valence-electron chi connectivity index (χ1n) is 7.80. The molecular formula is C18H12ClF3N2O2. The molecule has 1 aliphatic rings. The van der Waals surface area contributed by atoms with Gasteiger partial charge in [-0.3, -0.25) is 4.79 Å². The number of aromatic nitrogens is 2. The van der Waals surface area contributed by atoms with Crippen molar-refractivity contribution in [3.8, 4) is 5.75 Å². The number of rotatable bonds is 3. The topological polar surface area (TPSA) is 43.6 Å². The number of carbonyl (C=O) groups is 1. The van der Waals surface area contributed by atoms with Crippen LogP contribution >= 0.6 is 11.6 Å². The van der Waals surface area contributed by atoms with Crippen LogP contribution in [-0.2, 0) is 0 Å². The van der Waals surface area contributed by atoms with E-state index in [1.54, 1.807) is 17.5 Å². The summed E-state index contributed by atoms with van der Waals surface area (Å²) in [6, 6.07) is 5.53. The monoisotopic (exact) mass is 380 g/mol. The maximum Gasteiger partial charge on any atom is 0.387 e. The first kappa shape index (κ1) is 16.9. The molecule has 0 radical (unpaired) electrons. The highest BCUT2D eigenvalue weighted by molar-refractivity contribution is 6.30. The van der Waals surface area contributed by atoms with E-state index < -0.39 is 18.3 Å². The van der Waals surface area contributed by atoms with Gasteiger partial charge in [0.15, 0.2) is 5.78 Å². The van der Waals surface area contributed by atoms with E-state index in [9.17, 15) is 18.0 Å². The number of nitrogens with zero attached hydrogens (tertiary/aromatic N) is 2. The molecule has 0 fully saturated rings. The van der Waals surface area contributed by atoms with Gasteiger partial charge in [-0.2, -0.15) is 8.78 Å². The van der Waals surface area contributed by atoms with Crippen molar-refractivity contribution in [1.82, 2.24) is 9.38 Å². The Morgan fingerprint density at radius 2 is 2.12 bits per heavy atom. The number of carbonyl (C=O) groups excluding carboxylic acids is 1. The van der Waals surface area contributed by atoms with Gasteiger partial charge in [-0.05, 0) is 25.1 Å². The SMILES string of the molecule is Cc1cn2c3c(nc2cc1F)C(=O)C[C@H]3c1cc(Cl)ccc1OC(F)F. The van der Waals surface area contributed by atoms with E-state index in [0.29, 0.717) is 21.8 Å². The van der Waals surface area contributed by atoms with Crippen LogP contribution in [-0.4, -0.2) is 21.8 Å². The predicted octanol–water partition coefficient (Wildman–Crippen LogP) is 4.75. The molecule has 0 N–H and O–H groups in total. The maximum atomic E-state index is 13.8. The normalized spacial score (nSPS) is 16.5. The van der Waals surface area contributed by atoms with Gasteiger partial charge in [0.2, 0.25) is 0 Å². The summed E-state index contributed by atoms with van der Waals surface area (Å²) in [5.74, 6) is -1.29. The molecule has 4 nitrogen and oxygen atoms in total. The molecule has 8 heteroatoms. The zero-order valence-electron chi connectivity index (χ0n) is 13.5. The molecule has 1 aromatic carbocycles.